The van der Waals surface area contributed by atoms with E-state index in [-0.39, 0.29) is 11.1 Å². The van der Waals surface area contributed by atoms with E-state index in [2.05, 4.69) is 10.0 Å². The van der Waals surface area contributed by atoms with Gasteiger partial charge in [-0.2, -0.15) is 0 Å². The number of amides is 1. The van der Waals surface area contributed by atoms with Crippen molar-refractivity contribution in [3.8, 4) is 28.0 Å². The largest absolute Gasteiger partial charge is 0.505 e. The number of hydrogen-bond donors (Lipinski definition) is 1. The molecule has 0 spiro atoms. The number of rotatable bonds is 3. The fourth-order valence-corrected chi connectivity index (χ4v) is 2.67. The standard InChI is InChI=1S/C19H10F3N3O2/c20-12-3-1-2-10(8-12)11-4-5-13(14(9-11)19(27)24-25-23)17-15(21)6-7-16(26)18(17)22/h1-9,26H. The zero-order valence-corrected chi connectivity index (χ0v) is 13.5. The van der Waals surface area contributed by atoms with Crippen LogP contribution in [0.3, 0.4) is 0 Å². The lowest BCUT2D eigenvalue weighted by atomic mass is 9.93. The SMILES string of the molecule is [N-]=[N+]=NC(=O)c1cc(-c2cccc(F)c2)ccc1-c1c(F)ccc(O)c1F. The molecule has 0 aliphatic heterocycles. The molecular weight excluding hydrogens is 359 g/mol. The van der Waals surface area contributed by atoms with Gasteiger partial charge in [0.2, 0.25) is 5.91 Å². The van der Waals surface area contributed by atoms with Gasteiger partial charge in [-0.15, -0.1) is 0 Å². The van der Waals surface area contributed by atoms with Gasteiger partial charge in [-0.3, -0.25) is 4.79 Å². The van der Waals surface area contributed by atoms with Crippen LogP contribution in [0.2, 0.25) is 0 Å². The van der Waals surface area contributed by atoms with Crippen molar-refractivity contribution in [3.63, 3.8) is 0 Å². The van der Waals surface area contributed by atoms with Crippen molar-refractivity contribution in [1.29, 1.82) is 0 Å². The van der Waals surface area contributed by atoms with Gasteiger partial charge in [0.1, 0.15) is 11.6 Å². The van der Waals surface area contributed by atoms with Crippen molar-refractivity contribution in [1.82, 2.24) is 0 Å². The summed E-state index contributed by atoms with van der Waals surface area (Å²) in [6, 6.07) is 11.1. The lowest BCUT2D eigenvalue weighted by Crippen LogP contribution is -2.01. The molecule has 0 bridgehead atoms. The first-order valence-electron chi connectivity index (χ1n) is 7.59. The normalized spacial score (nSPS) is 10.3. The number of carbonyl (C=O) groups is 1. The molecule has 3 aromatic carbocycles. The first-order valence-corrected chi connectivity index (χ1v) is 7.59. The first kappa shape index (κ1) is 18.0. The quantitative estimate of drug-likeness (QED) is 0.370. The summed E-state index contributed by atoms with van der Waals surface area (Å²) >= 11 is 0. The fraction of sp³-hybridized carbons (Fsp3) is 0. The molecule has 134 valence electrons. The Balaban J connectivity index is 2.28. The van der Waals surface area contributed by atoms with E-state index < -0.39 is 34.7 Å². The monoisotopic (exact) mass is 369 g/mol. The summed E-state index contributed by atoms with van der Waals surface area (Å²) in [6.07, 6.45) is 0. The van der Waals surface area contributed by atoms with Gasteiger partial charge in [0.05, 0.1) is 5.56 Å². The van der Waals surface area contributed by atoms with E-state index >= 15 is 0 Å². The Labute approximate surface area is 150 Å². The number of phenols is 1. The predicted octanol–water partition coefficient (Wildman–Crippen LogP) is 5.59. The minimum absolute atomic E-state index is 0.210. The zero-order valence-electron chi connectivity index (χ0n) is 13.5. The van der Waals surface area contributed by atoms with Crippen molar-refractivity contribution in [2.45, 2.75) is 0 Å². The maximum Gasteiger partial charge on any atom is 0.249 e. The van der Waals surface area contributed by atoms with E-state index in [4.69, 9.17) is 5.53 Å². The van der Waals surface area contributed by atoms with E-state index in [1.165, 1.54) is 36.4 Å². The number of hydrogen-bond acceptors (Lipinski definition) is 2. The first-order chi connectivity index (χ1) is 12.9. The second-order valence-electron chi connectivity index (χ2n) is 5.52. The highest BCUT2D eigenvalue weighted by molar-refractivity contribution is 6.02. The van der Waals surface area contributed by atoms with Gasteiger partial charge in [0.15, 0.2) is 11.6 Å². The van der Waals surface area contributed by atoms with Crippen LogP contribution in [0.5, 0.6) is 5.75 Å². The fourth-order valence-electron chi connectivity index (χ4n) is 2.67. The molecule has 1 amide bonds. The highest BCUT2D eigenvalue weighted by Gasteiger charge is 2.21. The molecule has 0 saturated heterocycles. The Morgan fingerprint density at radius 2 is 1.74 bits per heavy atom. The Hall–Kier alpha value is -3.77. The highest BCUT2D eigenvalue weighted by atomic mass is 19.1. The van der Waals surface area contributed by atoms with Crippen molar-refractivity contribution in [2.75, 3.05) is 0 Å². The van der Waals surface area contributed by atoms with E-state index in [9.17, 15) is 23.1 Å². The number of carbonyl (C=O) groups excluding carboxylic acids is 1. The van der Waals surface area contributed by atoms with Crippen molar-refractivity contribution < 1.29 is 23.1 Å². The highest BCUT2D eigenvalue weighted by Crippen LogP contribution is 2.35. The van der Waals surface area contributed by atoms with Gasteiger partial charge in [-0.05, 0) is 57.7 Å². The minimum atomic E-state index is -1.26. The molecule has 0 aromatic heterocycles. The maximum atomic E-state index is 14.3. The summed E-state index contributed by atoms with van der Waals surface area (Å²) in [7, 11) is 0. The third-order valence-corrected chi connectivity index (χ3v) is 3.88. The summed E-state index contributed by atoms with van der Waals surface area (Å²) in [4.78, 5) is 14.6. The summed E-state index contributed by atoms with van der Waals surface area (Å²) in [5.41, 5.74) is 8.17. The molecule has 0 unspecified atom stereocenters. The molecule has 0 heterocycles. The Morgan fingerprint density at radius 1 is 1.00 bits per heavy atom. The average molecular weight is 369 g/mol. The smallest absolute Gasteiger partial charge is 0.249 e. The molecule has 0 radical (unpaired) electrons. The Kier molecular flexibility index (Phi) is 4.83. The molecule has 0 aliphatic rings. The summed E-state index contributed by atoms with van der Waals surface area (Å²) in [5, 5.41) is 12.5. The second kappa shape index (κ2) is 7.23. The van der Waals surface area contributed by atoms with Crippen LogP contribution in [0.1, 0.15) is 10.4 Å². The lowest BCUT2D eigenvalue weighted by Gasteiger charge is -2.12. The topological polar surface area (TPSA) is 86.1 Å². The third-order valence-electron chi connectivity index (χ3n) is 3.88. The average Bonchev–Trinajstić information content (AvgIpc) is 2.65. The van der Waals surface area contributed by atoms with E-state index in [0.29, 0.717) is 11.1 Å². The number of phenolic OH excluding ortho intramolecular Hbond substituents is 1. The number of nitrogens with zero attached hydrogens (tertiary/aromatic N) is 3. The van der Waals surface area contributed by atoms with Gasteiger partial charge in [0, 0.05) is 10.5 Å². The molecule has 5 nitrogen and oxygen atoms in total. The predicted molar refractivity (Wildman–Crippen MR) is 92.3 cm³/mol. The van der Waals surface area contributed by atoms with Crippen LogP contribution in [-0.2, 0) is 0 Å². The maximum absolute atomic E-state index is 14.3. The van der Waals surface area contributed by atoms with Gasteiger partial charge >= 0.3 is 0 Å². The van der Waals surface area contributed by atoms with Crippen LogP contribution in [0.4, 0.5) is 13.2 Å². The van der Waals surface area contributed by atoms with Crippen LogP contribution in [0.25, 0.3) is 32.7 Å². The summed E-state index contributed by atoms with van der Waals surface area (Å²) < 4.78 is 42.0. The molecular formula is C19H10F3N3O2. The molecule has 0 fully saturated rings. The van der Waals surface area contributed by atoms with Crippen molar-refractivity contribution in [3.05, 3.63) is 88.1 Å². The second-order valence-corrected chi connectivity index (χ2v) is 5.52. The molecule has 3 aromatic rings. The summed E-state index contributed by atoms with van der Waals surface area (Å²) in [6.45, 7) is 0. The van der Waals surface area contributed by atoms with Crippen LogP contribution < -0.4 is 0 Å². The van der Waals surface area contributed by atoms with E-state index in [1.54, 1.807) is 6.07 Å². The van der Waals surface area contributed by atoms with Crippen molar-refractivity contribution >= 4 is 5.91 Å². The van der Waals surface area contributed by atoms with E-state index in [1.807, 2.05) is 0 Å². The van der Waals surface area contributed by atoms with Gasteiger partial charge in [-0.25, -0.2) is 13.2 Å². The van der Waals surface area contributed by atoms with Gasteiger partial charge < -0.3 is 5.11 Å². The van der Waals surface area contributed by atoms with Crippen LogP contribution in [-0.4, -0.2) is 11.0 Å². The van der Waals surface area contributed by atoms with Crippen molar-refractivity contribution in [2.24, 2.45) is 5.11 Å². The summed E-state index contributed by atoms with van der Waals surface area (Å²) in [5.74, 6) is -4.66. The third kappa shape index (κ3) is 3.47. The van der Waals surface area contributed by atoms with Crippen LogP contribution >= 0.6 is 0 Å². The Morgan fingerprint density at radius 3 is 2.44 bits per heavy atom. The zero-order chi connectivity index (χ0) is 19.6. The molecule has 1 N–H and O–H groups in total. The van der Waals surface area contributed by atoms with Crippen LogP contribution in [0, 0.1) is 17.5 Å². The number of aromatic hydroxyl groups is 1. The Bertz CT molecular complexity index is 1110. The number of azide groups is 1. The van der Waals surface area contributed by atoms with Gasteiger partial charge in [-0.1, -0.05) is 24.3 Å². The minimum Gasteiger partial charge on any atom is -0.505 e. The molecule has 27 heavy (non-hydrogen) atoms. The number of benzene rings is 3. The van der Waals surface area contributed by atoms with Gasteiger partial charge in [0.25, 0.3) is 0 Å². The molecule has 3 rings (SSSR count). The molecule has 0 atom stereocenters. The molecule has 0 aliphatic carbocycles. The van der Waals surface area contributed by atoms with E-state index in [0.717, 1.165) is 12.1 Å². The number of halogens is 3. The molecule has 0 saturated carbocycles. The lowest BCUT2D eigenvalue weighted by molar-refractivity contribution is 0.100. The molecule has 8 heteroatoms. The van der Waals surface area contributed by atoms with Crippen LogP contribution in [0.15, 0.2) is 59.7 Å².